The van der Waals surface area contributed by atoms with Crippen molar-refractivity contribution in [2.45, 2.75) is 6.61 Å². The van der Waals surface area contributed by atoms with Crippen molar-refractivity contribution in [1.29, 1.82) is 0 Å². The van der Waals surface area contributed by atoms with Crippen LogP contribution in [0.4, 0.5) is 5.69 Å². The number of carboxylic acids is 1. The van der Waals surface area contributed by atoms with Crippen molar-refractivity contribution in [1.82, 2.24) is 0 Å². The SMILES string of the molecule is COc1cc(C(=O)/C=C/c2cc([N+](=O)[O-])cc3c2OCOC3)ccc1OCC(=O)O. The Bertz CT molecular complexity index is 1030. The van der Waals surface area contributed by atoms with E-state index in [0.29, 0.717) is 16.9 Å². The zero-order chi connectivity index (χ0) is 21.7. The van der Waals surface area contributed by atoms with Crippen molar-refractivity contribution in [3.05, 3.63) is 63.2 Å². The Morgan fingerprint density at radius 3 is 2.77 bits per heavy atom. The van der Waals surface area contributed by atoms with Crippen LogP contribution in [0.2, 0.25) is 0 Å². The predicted octanol–water partition coefficient (Wildman–Crippen LogP) is 2.83. The highest BCUT2D eigenvalue weighted by atomic mass is 16.7. The van der Waals surface area contributed by atoms with Crippen LogP contribution in [0, 0.1) is 10.1 Å². The zero-order valence-corrected chi connectivity index (χ0v) is 15.8. The van der Waals surface area contributed by atoms with Crippen molar-refractivity contribution in [3.63, 3.8) is 0 Å². The van der Waals surface area contributed by atoms with Gasteiger partial charge in [0.1, 0.15) is 5.75 Å². The lowest BCUT2D eigenvalue weighted by Crippen LogP contribution is -2.12. The number of allylic oxidation sites excluding steroid dienone is 1. The summed E-state index contributed by atoms with van der Waals surface area (Å²) in [7, 11) is 1.36. The number of carboxylic acid groups (broad SMARTS) is 1. The summed E-state index contributed by atoms with van der Waals surface area (Å²) in [5.74, 6) is -0.741. The highest BCUT2D eigenvalue weighted by Gasteiger charge is 2.20. The predicted molar refractivity (Wildman–Crippen MR) is 103 cm³/mol. The van der Waals surface area contributed by atoms with Crippen molar-refractivity contribution < 1.29 is 38.6 Å². The Kier molecular flexibility index (Phi) is 6.28. The third-order valence-electron chi connectivity index (χ3n) is 4.15. The van der Waals surface area contributed by atoms with E-state index in [1.165, 1.54) is 49.6 Å². The van der Waals surface area contributed by atoms with Gasteiger partial charge in [-0.2, -0.15) is 0 Å². The summed E-state index contributed by atoms with van der Waals surface area (Å²) in [5, 5.41) is 19.9. The van der Waals surface area contributed by atoms with E-state index in [4.69, 9.17) is 24.1 Å². The maximum Gasteiger partial charge on any atom is 0.341 e. The molecule has 0 aromatic heterocycles. The molecular weight excluding hydrogens is 398 g/mol. The highest BCUT2D eigenvalue weighted by molar-refractivity contribution is 6.07. The molecule has 1 aliphatic heterocycles. The number of nitro groups is 1. The Labute approximate surface area is 170 Å². The summed E-state index contributed by atoms with van der Waals surface area (Å²) < 4.78 is 20.8. The maximum absolute atomic E-state index is 12.6. The van der Waals surface area contributed by atoms with Crippen molar-refractivity contribution in [3.8, 4) is 17.2 Å². The number of benzene rings is 2. The van der Waals surface area contributed by atoms with Gasteiger partial charge in [-0.05, 0) is 30.4 Å². The first-order chi connectivity index (χ1) is 14.4. The molecule has 156 valence electrons. The monoisotopic (exact) mass is 415 g/mol. The first-order valence-corrected chi connectivity index (χ1v) is 8.66. The smallest absolute Gasteiger partial charge is 0.341 e. The van der Waals surface area contributed by atoms with Crippen molar-refractivity contribution >= 4 is 23.5 Å². The van der Waals surface area contributed by atoms with Gasteiger partial charge in [0.05, 0.1) is 18.6 Å². The number of ether oxygens (including phenoxy) is 4. The van der Waals surface area contributed by atoms with E-state index in [2.05, 4.69) is 0 Å². The molecule has 10 nitrogen and oxygen atoms in total. The molecular formula is C20H17NO9. The summed E-state index contributed by atoms with van der Waals surface area (Å²) in [6.45, 7) is -0.374. The minimum atomic E-state index is -1.15. The topological polar surface area (TPSA) is 134 Å². The molecule has 1 N–H and O–H groups in total. The summed E-state index contributed by atoms with van der Waals surface area (Å²) >= 11 is 0. The number of carbonyl (C=O) groups excluding carboxylic acids is 1. The highest BCUT2D eigenvalue weighted by Crippen LogP contribution is 2.34. The lowest BCUT2D eigenvalue weighted by atomic mass is 10.0. The average molecular weight is 415 g/mol. The van der Waals surface area contributed by atoms with Crippen LogP contribution in [0.15, 0.2) is 36.4 Å². The van der Waals surface area contributed by atoms with Crippen LogP contribution in [-0.2, 0) is 16.1 Å². The van der Waals surface area contributed by atoms with Gasteiger partial charge in [0.15, 0.2) is 30.7 Å². The first kappa shape index (κ1) is 20.8. The molecule has 10 heteroatoms. The number of hydrogen-bond donors (Lipinski definition) is 1. The fourth-order valence-electron chi connectivity index (χ4n) is 2.80. The molecule has 0 saturated heterocycles. The van der Waals surface area contributed by atoms with E-state index < -0.39 is 23.3 Å². The molecule has 1 aliphatic rings. The quantitative estimate of drug-likeness (QED) is 0.299. The molecule has 2 aromatic rings. The Balaban J connectivity index is 1.86. The van der Waals surface area contributed by atoms with Gasteiger partial charge in [-0.25, -0.2) is 4.79 Å². The molecule has 0 atom stereocenters. The minimum Gasteiger partial charge on any atom is -0.493 e. The second-order valence-electron chi connectivity index (χ2n) is 6.14. The average Bonchev–Trinajstić information content (AvgIpc) is 2.75. The molecule has 0 saturated carbocycles. The second kappa shape index (κ2) is 9.05. The largest absolute Gasteiger partial charge is 0.493 e. The number of carbonyl (C=O) groups is 2. The number of non-ortho nitro benzene ring substituents is 1. The van der Waals surface area contributed by atoms with Crippen LogP contribution in [-0.4, -0.2) is 42.3 Å². The first-order valence-electron chi connectivity index (χ1n) is 8.66. The fraction of sp³-hybridized carbons (Fsp3) is 0.200. The van der Waals surface area contributed by atoms with Gasteiger partial charge in [-0.15, -0.1) is 0 Å². The van der Waals surface area contributed by atoms with Crippen LogP contribution in [0.5, 0.6) is 17.2 Å². The molecule has 2 aromatic carbocycles. The molecule has 30 heavy (non-hydrogen) atoms. The van der Waals surface area contributed by atoms with E-state index in [-0.39, 0.29) is 36.1 Å². The van der Waals surface area contributed by atoms with Gasteiger partial charge < -0.3 is 24.1 Å². The summed E-state index contributed by atoms with van der Waals surface area (Å²) in [6.07, 6.45) is 2.69. The molecule has 0 spiro atoms. The van der Waals surface area contributed by atoms with Crippen molar-refractivity contribution in [2.75, 3.05) is 20.5 Å². The molecule has 0 amide bonds. The van der Waals surface area contributed by atoms with E-state index in [9.17, 15) is 19.7 Å². The fourth-order valence-corrected chi connectivity index (χ4v) is 2.80. The minimum absolute atomic E-state index is 0.00853. The lowest BCUT2D eigenvalue weighted by molar-refractivity contribution is -0.385. The van der Waals surface area contributed by atoms with Crippen LogP contribution in [0.25, 0.3) is 6.08 Å². The van der Waals surface area contributed by atoms with Crippen LogP contribution in [0.3, 0.4) is 0 Å². The van der Waals surface area contributed by atoms with Gasteiger partial charge in [-0.1, -0.05) is 0 Å². The molecule has 0 fully saturated rings. The van der Waals surface area contributed by atoms with E-state index in [1.807, 2.05) is 0 Å². The Morgan fingerprint density at radius 1 is 1.27 bits per heavy atom. The van der Waals surface area contributed by atoms with E-state index >= 15 is 0 Å². The van der Waals surface area contributed by atoms with Crippen LogP contribution >= 0.6 is 0 Å². The van der Waals surface area contributed by atoms with Crippen LogP contribution in [0.1, 0.15) is 21.5 Å². The molecule has 3 rings (SSSR count). The van der Waals surface area contributed by atoms with Crippen molar-refractivity contribution in [2.24, 2.45) is 0 Å². The molecule has 1 heterocycles. The number of fused-ring (bicyclic) bond motifs is 1. The molecule has 0 aliphatic carbocycles. The number of hydrogen-bond acceptors (Lipinski definition) is 8. The standard InChI is InChI=1S/C20H17NO9/c1-27-18-8-12(3-5-17(18)29-10-19(23)24)16(22)4-2-13-6-15(21(25)26)7-14-9-28-11-30-20(13)14/h2-8H,9-11H2,1H3,(H,23,24)/b4-2+. The molecule has 0 radical (unpaired) electrons. The van der Waals surface area contributed by atoms with Crippen LogP contribution < -0.4 is 14.2 Å². The number of nitrogens with zero attached hydrogens (tertiary/aromatic N) is 1. The lowest BCUT2D eigenvalue weighted by Gasteiger charge is -2.19. The van der Waals surface area contributed by atoms with Gasteiger partial charge in [0.2, 0.25) is 0 Å². The number of nitro benzene ring substituents is 1. The summed E-state index contributed by atoms with van der Waals surface area (Å²) in [6, 6.07) is 6.99. The molecule has 0 unspecified atom stereocenters. The number of aliphatic carboxylic acids is 1. The Morgan fingerprint density at radius 2 is 2.07 bits per heavy atom. The third-order valence-corrected chi connectivity index (χ3v) is 4.15. The number of ketones is 1. The van der Waals surface area contributed by atoms with Gasteiger partial charge in [0.25, 0.3) is 5.69 Å². The summed E-state index contributed by atoms with van der Waals surface area (Å²) in [5.41, 5.74) is 1.01. The maximum atomic E-state index is 12.6. The van der Waals surface area contributed by atoms with Gasteiger partial charge in [-0.3, -0.25) is 14.9 Å². The second-order valence-corrected chi connectivity index (χ2v) is 6.14. The molecule has 0 bridgehead atoms. The third kappa shape index (κ3) is 4.73. The summed E-state index contributed by atoms with van der Waals surface area (Å²) in [4.78, 5) is 33.9. The van der Waals surface area contributed by atoms with E-state index in [1.54, 1.807) is 0 Å². The number of methoxy groups -OCH3 is 1. The normalized spacial score (nSPS) is 12.7. The Hall–Kier alpha value is -3.92. The number of rotatable bonds is 8. The van der Waals surface area contributed by atoms with Gasteiger partial charge >= 0.3 is 5.97 Å². The van der Waals surface area contributed by atoms with E-state index in [0.717, 1.165) is 0 Å². The van der Waals surface area contributed by atoms with Gasteiger partial charge in [0, 0.05) is 28.8 Å². The zero-order valence-electron chi connectivity index (χ0n) is 15.8.